The Morgan fingerprint density at radius 3 is 2.50 bits per heavy atom. The molecule has 0 amide bonds. The van der Waals surface area contributed by atoms with Gasteiger partial charge >= 0.3 is 0 Å². The zero-order chi connectivity index (χ0) is 22.7. The first-order valence-corrected chi connectivity index (χ1v) is 10.5. The lowest BCUT2D eigenvalue weighted by Gasteiger charge is -2.66. The van der Waals surface area contributed by atoms with Crippen LogP contribution >= 0.6 is 0 Å². The van der Waals surface area contributed by atoms with Crippen molar-refractivity contribution in [1.29, 1.82) is 10.5 Å². The number of allylic oxidation sites excluding steroid dienone is 1. The standard InChI is InChI=1S/C24H23N7O/c1-14-7-16(5-4-6-25)8-15(2)18(14)20(32)19-17-9-31(3)30-21(17)28-22(27-19)29-24-10-23(11-24,12-24)13-26/h4-5,7-9,20,32H,10-12H2,1-3H3,(H,28,29,30)/b5-4+. The summed E-state index contributed by atoms with van der Waals surface area (Å²) in [7, 11) is 1.82. The van der Waals surface area contributed by atoms with Gasteiger partial charge in [-0.05, 0) is 61.4 Å². The number of hydrogen-bond donors (Lipinski definition) is 2. The summed E-state index contributed by atoms with van der Waals surface area (Å²) >= 11 is 0. The topological polar surface area (TPSA) is 123 Å². The number of anilines is 1. The van der Waals surface area contributed by atoms with Crippen LogP contribution in [0.4, 0.5) is 5.95 Å². The van der Waals surface area contributed by atoms with Gasteiger partial charge in [0, 0.05) is 24.9 Å². The summed E-state index contributed by atoms with van der Waals surface area (Å²) in [6, 6.07) is 8.31. The summed E-state index contributed by atoms with van der Waals surface area (Å²) < 4.78 is 1.67. The highest BCUT2D eigenvalue weighted by Crippen LogP contribution is 2.67. The van der Waals surface area contributed by atoms with E-state index in [0.29, 0.717) is 22.7 Å². The van der Waals surface area contributed by atoms with Crippen molar-refractivity contribution in [3.63, 3.8) is 0 Å². The van der Waals surface area contributed by atoms with Crippen molar-refractivity contribution in [2.24, 2.45) is 12.5 Å². The third-order valence-corrected chi connectivity index (χ3v) is 6.67. The van der Waals surface area contributed by atoms with Crippen molar-refractivity contribution in [3.8, 4) is 12.1 Å². The molecule has 8 nitrogen and oxygen atoms in total. The second kappa shape index (κ2) is 6.88. The second-order valence-electron chi connectivity index (χ2n) is 9.23. The summed E-state index contributed by atoms with van der Waals surface area (Å²) in [4.78, 5) is 9.30. The molecule has 2 heterocycles. The molecule has 2 bridgehead atoms. The van der Waals surface area contributed by atoms with Gasteiger partial charge in [0.25, 0.3) is 0 Å². The second-order valence-corrected chi connectivity index (χ2v) is 9.23. The lowest BCUT2D eigenvalue weighted by atomic mass is 9.40. The molecule has 0 aliphatic heterocycles. The van der Waals surface area contributed by atoms with Crippen molar-refractivity contribution in [2.75, 3.05) is 5.32 Å². The number of aliphatic hydroxyl groups is 1. The molecule has 32 heavy (non-hydrogen) atoms. The Bertz CT molecular complexity index is 1330. The quantitative estimate of drug-likeness (QED) is 0.600. The summed E-state index contributed by atoms with van der Waals surface area (Å²) in [5.74, 6) is 0.431. The zero-order valence-electron chi connectivity index (χ0n) is 18.2. The third-order valence-electron chi connectivity index (χ3n) is 6.67. The molecule has 3 fully saturated rings. The average molecular weight is 425 g/mol. The highest BCUT2D eigenvalue weighted by Gasteiger charge is 2.69. The lowest BCUT2D eigenvalue weighted by molar-refractivity contribution is -0.0665. The molecular formula is C24H23N7O. The van der Waals surface area contributed by atoms with Crippen LogP contribution in [0.3, 0.4) is 0 Å². The Hall–Kier alpha value is -3.75. The van der Waals surface area contributed by atoms with Crippen molar-refractivity contribution in [1.82, 2.24) is 19.7 Å². The molecule has 0 saturated heterocycles. The van der Waals surface area contributed by atoms with E-state index < -0.39 is 6.10 Å². The van der Waals surface area contributed by atoms with Gasteiger partial charge in [-0.3, -0.25) is 4.68 Å². The van der Waals surface area contributed by atoms with Crippen LogP contribution in [-0.2, 0) is 7.05 Å². The van der Waals surface area contributed by atoms with Crippen LogP contribution in [0.2, 0.25) is 0 Å². The first-order chi connectivity index (χ1) is 15.3. The lowest BCUT2D eigenvalue weighted by Crippen LogP contribution is -2.70. The molecule has 8 heteroatoms. The number of benzene rings is 1. The fourth-order valence-corrected chi connectivity index (χ4v) is 5.39. The number of nitrogens with one attached hydrogen (secondary N) is 1. The van der Waals surface area contributed by atoms with Gasteiger partial charge in [-0.15, -0.1) is 0 Å². The van der Waals surface area contributed by atoms with Crippen LogP contribution in [0.25, 0.3) is 17.1 Å². The monoisotopic (exact) mass is 425 g/mol. The first kappa shape index (κ1) is 20.2. The van der Waals surface area contributed by atoms with E-state index in [0.717, 1.165) is 41.5 Å². The number of hydrogen-bond acceptors (Lipinski definition) is 7. The van der Waals surface area contributed by atoms with E-state index in [1.54, 1.807) is 10.8 Å². The molecule has 160 valence electrons. The molecule has 3 aromatic rings. The van der Waals surface area contributed by atoms with Crippen LogP contribution in [-0.4, -0.2) is 30.4 Å². The predicted octanol–water partition coefficient (Wildman–Crippen LogP) is 3.46. The fourth-order valence-electron chi connectivity index (χ4n) is 5.39. The van der Waals surface area contributed by atoms with Crippen molar-refractivity contribution in [3.05, 3.63) is 52.4 Å². The largest absolute Gasteiger partial charge is 0.382 e. The fraction of sp³-hybridized carbons (Fsp3) is 0.375. The Kier molecular flexibility index (Phi) is 4.34. The van der Waals surface area contributed by atoms with Crippen LogP contribution in [0.5, 0.6) is 0 Å². The smallest absolute Gasteiger partial charge is 0.225 e. The number of aromatic nitrogens is 4. The predicted molar refractivity (Wildman–Crippen MR) is 119 cm³/mol. The van der Waals surface area contributed by atoms with Gasteiger partial charge in [-0.25, -0.2) is 4.98 Å². The molecule has 0 radical (unpaired) electrons. The Morgan fingerprint density at radius 2 is 1.88 bits per heavy atom. The van der Waals surface area contributed by atoms with Gasteiger partial charge in [-0.1, -0.05) is 12.1 Å². The van der Waals surface area contributed by atoms with E-state index in [4.69, 9.17) is 10.2 Å². The minimum atomic E-state index is -0.960. The van der Waals surface area contributed by atoms with Gasteiger partial charge in [0.2, 0.25) is 5.95 Å². The van der Waals surface area contributed by atoms with Gasteiger partial charge in [-0.2, -0.15) is 20.6 Å². The van der Waals surface area contributed by atoms with E-state index in [9.17, 15) is 10.4 Å². The Morgan fingerprint density at radius 1 is 1.19 bits per heavy atom. The first-order valence-electron chi connectivity index (χ1n) is 10.5. The Labute approximate surface area is 185 Å². The molecule has 1 unspecified atom stereocenters. The molecular weight excluding hydrogens is 402 g/mol. The van der Waals surface area contributed by atoms with E-state index in [-0.39, 0.29) is 11.0 Å². The van der Waals surface area contributed by atoms with Crippen LogP contribution in [0.15, 0.2) is 24.4 Å². The molecule has 1 atom stereocenters. The number of nitriles is 2. The van der Waals surface area contributed by atoms with E-state index >= 15 is 0 Å². The molecule has 3 aliphatic rings. The summed E-state index contributed by atoms with van der Waals surface area (Å²) in [5.41, 5.74) is 4.22. The van der Waals surface area contributed by atoms with Crippen LogP contribution < -0.4 is 5.32 Å². The zero-order valence-corrected chi connectivity index (χ0v) is 18.2. The average Bonchev–Trinajstić information content (AvgIpc) is 3.06. The SMILES string of the molecule is Cc1cc(/C=C/C#N)cc(C)c1C(O)c1nc(NC23CC(C#N)(C2)C3)nc2nn(C)cc12. The maximum atomic E-state index is 11.4. The maximum absolute atomic E-state index is 11.4. The molecule has 1 aromatic carbocycles. The van der Waals surface area contributed by atoms with Gasteiger partial charge in [0.05, 0.1) is 28.6 Å². The van der Waals surface area contributed by atoms with Gasteiger partial charge in [0.1, 0.15) is 6.10 Å². The van der Waals surface area contributed by atoms with E-state index in [1.165, 1.54) is 6.08 Å². The van der Waals surface area contributed by atoms with E-state index in [1.807, 2.05) is 45.3 Å². The maximum Gasteiger partial charge on any atom is 0.225 e. The normalized spacial score (nSPS) is 24.4. The minimum absolute atomic E-state index is 0.124. The van der Waals surface area contributed by atoms with Gasteiger partial charge in [0.15, 0.2) is 5.65 Å². The molecule has 2 aromatic heterocycles. The Balaban J connectivity index is 1.54. The number of nitrogens with zero attached hydrogens (tertiary/aromatic N) is 6. The number of rotatable bonds is 5. The highest BCUT2D eigenvalue weighted by atomic mass is 16.3. The molecule has 6 rings (SSSR count). The summed E-state index contributed by atoms with van der Waals surface area (Å²) in [6.07, 6.45) is 6.44. The minimum Gasteiger partial charge on any atom is -0.382 e. The number of aryl methyl sites for hydroxylation is 3. The van der Waals surface area contributed by atoms with E-state index in [2.05, 4.69) is 21.5 Å². The number of fused-ring (bicyclic) bond motifs is 1. The number of aliphatic hydroxyl groups excluding tert-OH is 1. The van der Waals surface area contributed by atoms with Crippen LogP contribution in [0.1, 0.15) is 53.3 Å². The molecule has 3 saturated carbocycles. The molecule has 0 spiro atoms. The van der Waals surface area contributed by atoms with Crippen LogP contribution in [0, 0.1) is 41.9 Å². The molecule has 3 aliphatic carbocycles. The molecule has 2 N–H and O–H groups in total. The summed E-state index contributed by atoms with van der Waals surface area (Å²) in [5, 5.41) is 38.1. The van der Waals surface area contributed by atoms with Gasteiger partial charge < -0.3 is 10.4 Å². The highest BCUT2D eigenvalue weighted by molar-refractivity contribution is 5.79. The van der Waals surface area contributed by atoms with Crippen molar-refractivity contribution >= 4 is 23.1 Å². The van der Waals surface area contributed by atoms with Crippen molar-refractivity contribution < 1.29 is 5.11 Å². The third kappa shape index (κ3) is 3.04. The van der Waals surface area contributed by atoms with Crippen molar-refractivity contribution in [2.45, 2.75) is 44.8 Å². The summed E-state index contributed by atoms with van der Waals surface area (Å²) in [6.45, 7) is 3.89.